The number of hydrogen-bond donors (Lipinski definition) is 1. The molecule has 1 aliphatic rings. The van der Waals surface area contributed by atoms with Crippen LogP contribution < -0.4 is 5.73 Å². The summed E-state index contributed by atoms with van der Waals surface area (Å²) in [6, 6.07) is 10.0. The Balaban J connectivity index is 1.64. The topological polar surface area (TPSA) is 77.8 Å². The second-order valence-electron chi connectivity index (χ2n) is 5.34. The van der Waals surface area contributed by atoms with E-state index in [0.29, 0.717) is 17.4 Å². The monoisotopic (exact) mass is 298 g/mol. The van der Waals surface area contributed by atoms with E-state index in [0.717, 1.165) is 29.8 Å². The molecule has 1 aromatic carbocycles. The van der Waals surface area contributed by atoms with Crippen molar-refractivity contribution in [1.82, 2.24) is 15.1 Å². The fourth-order valence-corrected chi connectivity index (χ4v) is 3.20. The van der Waals surface area contributed by atoms with Crippen LogP contribution in [-0.4, -0.2) is 15.1 Å². The first-order chi connectivity index (χ1) is 10.2. The maximum absolute atomic E-state index is 6.21. The van der Waals surface area contributed by atoms with Gasteiger partial charge >= 0.3 is 0 Å². The van der Waals surface area contributed by atoms with Gasteiger partial charge in [0.1, 0.15) is 10.7 Å². The molecule has 1 fully saturated rings. The highest BCUT2D eigenvalue weighted by Gasteiger charge is 2.39. The van der Waals surface area contributed by atoms with Crippen molar-refractivity contribution < 1.29 is 4.52 Å². The van der Waals surface area contributed by atoms with Gasteiger partial charge in [0.2, 0.25) is 0 Å². The second-order valence-corrected chi connectivity index (χ2v) is 6.19. The molecule has 21 heavy (non-hydrogen) atoms. The molecular weight excluding hydrogens is 284 g/mol. The fourth-order valence-electron chi connectivity index (χ4n) is 2.40. The molecule has 1 saturated carbocycles. The molecule has 2 aromatic heterocycles. The third-order valence-electron chi connectivity index (χ3n) is 3.86. The molecule has 0 radical (unpaired) electrons. The molecule has 0 saturated heterocycles. The number of nitrogens with zero attached hydrogens (tertiary/aromatic N) is 3. The Hall–Kier alpha value is -2.05. The van der Waals surface area contributed by atoms with E-state index in [1.54, 1.807) is 11.3 Å². The van der Waals surface area contributed by atoms with Crippen LogP contribution in [0.15, 0.2) is 40.2 Å². The van der Waals surface area contributed by atoms with E-state index in [1.165, 1.54) is 0 Å². The Morgan fingerprint density at radius 2 is 1.95 bits per heavy atom. The van der Waals surface area contributed by atoms with Gasteiger partial charge in [0.15, 0.2) is 5.82 Å². The number of benzene rings is 1. The van der Waals surface area contributed by atoms with Crippen molar-refractivity contribution in [1.29, 1.82) is 0 Å². The number of hydrogen-bond acceptors (Lipinski definition) is 6. The molecule has 5 nitrogen and oxygen atoms in total. The molecule has 106 valence electrons. The Labute approximate surface area is 125 Å². The lowest BCUT2D eigenvalue weighted by molar-refractivity contribution is 0.229. The van der Waals surface area contributed by atoms with Gasteiger partial charge in [-0.1, -0.05) is 35.5 Å². The van der Waals surface area contributed by atoms with Crippen LogP contribution in [0.1, 0.15) is 25.1 Å². The van der Waals surface area contributed by atoms with Crippen LogP contribution in [0.5, 0.6) is 0 Å². The molecule has 2 N–H and O–H groups in total. The summed E-state index contributed by atoms with van der Waals surface area (Å²) in [5.74, 6) is 1.04. The summed E-state index contributed by atoms with van der Waals surface area (Å²) < 4.78 is 5.33. The van der Waals surface area contributed by atoms with Crippen LogP contribution in [0.3, 0.4) is 0 Å². The first kappa shape index (κ1) is 12.7. The Morgan fingerprint density at radius 3 is 2.67 bits per heavy atom. The van der Waals surface area contributed by atoms with Gasteiger partial charge in [-0.15, -0.1) is 11.3 Å². The van der Waals surface area contributed by atoms with Crippen molar-refractivity contribution in [3.05, 3.63) is 41.5 Å². The number of nitrogens with two attached hydrogens (primary N) is 1. The third-order valence-corrected chi connectivity index (χ3v) is 4.75. The minimum absolute atomic E-state index is 0.403. The van der Waals surface area contributed by atoms with Crippen LogP contribution in [0.25, 0.3) is 22.2 Å². The Kier molecular flexibility index (Phi) is 2.87. The zero-order valence-electron chi connectivity index (χ0n) is 11.3. The molecule has 0 spiro atoms. The van der Waals surface area contributed by atoms with E-state index in [4.69, 9.17) is 10.3 Å². The summed E-state index contributed by atoms with van der Waals surface area (Å²) in [6.07, 6.45) is 2.95. The average molecular weight is 298 g/mol. The van der Waals surface area contributed by atoms with E-state index in [9.17, 15) is 0 Å². The minimum atomic E-state index is -0.403. The fraction of sp³-hybridized carbons (Fsp3) is 0.267. The SMILES string of the molecule is NC1(c2noc(-c3csc(-c4ccccc4)n3)n2)CCC1. The Morgan fingerprint density at radius 1 is 1.14 bits per heavy atom. The predicted octanol–water partition coefficient (Wildman–Crippen LogP) is 3.20. The quantitative estimate of drug-likeness (QED) is 0.803. The summed E-state index contributed by atoms with van der Waals surface area (Å²) in [5, 5.41) is 6.90. The summed E-state index contributed by atoms with van der Waals surface area (Å²) in [6.45, 7) is 0. The van der Waals surface area contributed by atoms with E-state index in [-0.39, 0.29) is 0 Å². The normalized spacial score (nSPS) is 16.6. The first-order valence-electron chi connectivity index (χ1n) is 6.89. The molecule has 0 bridgehead atoms. The van der Waals surface area contributed by atoms with Crippen molar-refractivity contribution >= 4 is 11.3 Å². The van der Waals surface area contributed by atoms with Crippen LogP contribution in [0.4, 0.5) is 0 Å². The predicted molar refractivity (Wildman–Crippen MR) is 80.6 cm³/mol. The molecule has 0 unspecified atom stereocenters. The molecule has 1 aliphatic carbocycles. The molecule has 0 atom stereocenters. The van der Waals surface area contributed by atoms with E-state index in [1.807, 2.05) is 35.7 Å². The van der Waals surface area contributed by atoms with E-state index >= 15 is 0 Å². The number of rotatable bonds is 3. The van der Waals surface area contributed by atoms with Crippen LogP contribution in [0, 0.1) is 0 Å². The smallest absolute Gasteiger partial charge is 0.277 e. The molecular formula is C15H14N4OS. The van der Waals surface area contributed by atoms with Gasteiger partial charge in [0.05, 0.1) is 5.54 Å². The van der Waals surface area contributed by atoms with Crippen molar-refractivity contribution in [2.45, 2.75) is 24.8 Å². The lowest BCUT2D eigenvalue weighted by Crippen LogP contribution is -2.44. The van der Waals surface area contributed by atoms with Gasteiger partial charge in [-0.25, -0.2) is 4.98 Å². The van der Waals surface area contributed by atoms with Crippen molar-refractivity contribution in [3.63, 3.8) is 0 Å². The van der Waals surface area contributed by atoms with Gasteiger partial charge in [-0.3, -0.25) is 0 Å². The number of thiazole rings is 1. The lowest BCUT2D eigenvalue weighted by atomic mass is 9.77. The third kappa shape index (κ3) is 2.16. The zero-order chi connectivity index (χ0) is 14.3. The summed E-state index contributed by atoms with van der Waals surface area (Å²) in [5.41, 5.74) is 7.60. The summed E-state index contributed by atoms with van der Waals surface area (Å²) in [7, 11) is 0. The van der Waals surface area contributed by atoms with Gasteiger partial charge in [0.25, 0.3) is 5.89 Å². The second kappa shape index (κ2) is 4.75. The molecule has 4 rings (SSSR count). The summed E-state index contributed by atoms with van der Waals surface area (Å²) in [4.78, 5) is 8.99. The van der Waals surface area contributed by atoms with Gasteiger partial charge in [-0.05, 0) is 19.3 Å². The molecule has 0 aliphatic heterocycles. The van der Waals surface area contributed by atoms with Crippen LogP contribution >= 0.6 is 11.3 Å². The van der Waals surface area contributed by atoms with Crippen molar-refractivity contribution in [2.75, 3.05) is 0 Å². The zero-order valence-corrected chi connectivity index (χ0v) is 12.1. The summed E-state index contributed by atoms with van der Waals surface area (Å²) >= 11 is 1.56. The van der Waals surface area contributed by atoms with Gasteiger partial charge in [-0.2, -0.15) is 4.98 Å². The highest BCUT2D eigenvalue weighted by atomic mass is 32.1. The van der Waals surface area contributed by atoms with E-state index < -0.39 is 5.54 Å². The maximum Gasteiger partial charge on any atom is 0.277 e. The van der Waals surface area contributed by atoms with Gasteiger partial charge < -0.3 is 10.3 Å². The lowest BCUT2D eigenvalue weighted by Gasteiger charge is -2.34. The largest absolute Gasteiger partial charge is 0.332 e. The molecule has 2 heterocycles. The van der Waals surface area contributed by atoms with Crippen molar-refractivity contribution in [3.8, 4) is 22.2 Å². The Bertz CT molecular complexity index is 761. The van der Waals surface area contributed by atoms with E-state index in [2.05, 4.69) is 15.1 Å². The average Bonchev–Trinajstić information content (AvgIpc) is 3.14. The maximum atomic E-state index is 6.21. The molecule has 6 heteroatoms. The minimum Gasteiger partial charge on any atom is -0.332 e. The standard InChI is InChI=1S/C15H14N4OS/c16-15(7-4-8-15)14-18-12(20-19-14)11-9-21-13(17-11)10-5-2-1-3-6-10/h1-3,5-6,9H,4,7-8,16H2. The van der Waals surface area contributed by atoms with Crippen molar-refractivity contribution in [2.24, 2.45) is 5.73 Å². The number of aromatic nitrogens is 3. The highest BCUT2D eigenvalue weighted by molar-refractivity contribution is 7.13. The van der Waals surface area contributed by atoms with Crippen LogP contribution in [-0.2, 0) is 5.54 Å². The molecule has 3 aromatic rings. The first-order valence-corrected chi connectivity index (χ1v) is 7.77. The highest BCUT2D eigenvalue weighted by Crippen LogP contribution is 2.38. The van der Waals surface area contributed by atoms with Gasteiger partial charge in [0, 0.05) is 10.9 Å². The molecule has 0 amide bonds. The van der Waals surface area contributed by atoms with Crippen LogP contribution in [0.2, 0.25) is 0 Å².